The molecule has 1 aliphatic heterocycles. The minimum absolute atomic E-state index is 0.00187. The molecular weight excluding hydrogens is 550 g/mol. The summed E-state index contributed by atoms with van der Waals surface area (Å²) in [7, 11) is -3.85. The molecule has 1 aromatic heterocycles. The predicted octanol–water partition coefficient (Wildman–Crippen LogP) is 4.46. The third-order valence-corrected chi connectivity index (χ3v) is 7.33. The van der Waals surface area contributed by atoms with Crippen LogP contribution in [-0.2, 0) is 14.8 Å². The van der Waals surface area contributed by atoms with Gasteiger partial charge in [-0.1, -0.05) is 18.2 Å². The van der Waals surface area contributed by atoms with Crippen molar-refractivity contribution >= 4 is 45.0 Å². The second kappa shape index (κ2) is 11.4. The number of sulfonamides is 1. The maximum atomic E-state index is 12.6. The molecule has 1 aliphatic rings. The number of imide groups is 1. The third kappa shape index (κ3) is 5.94. The number of hydrogen-bond acceptors (Lipinski definition) is 10. The Hall–Kier alpha value is -5.43. The number of benzene rings is 3. The highest BCUT2D eigenvalue weighted by molar-refractivity contribution is 7.92. The van der Waals surface area contributed by atoms with Gasteiger partial charge in [0.25, 0.3) is 21.8 Å². The van der Waals surface area contributed by atoms with Gasteiger partial charge in [0.15, 0.2) is 0 Å². The molecule has 0 bridgehead atoms. The van der Waals surface area contributed by atoms with Crippen molar-refractivity contribution in [3.05, 3.63) is 108 Å². The van der Waals surface area contributed by atoms with Crippen LogP contribution >= 0.6 is 0 Å². The van der Waals surface area contributed by atoms with E-state index in [2.05, 4.69) is 19.9 Å². The zero-order valence-corrected chi connectivity index (χ0v) is 22.0. The van der Waals surface area contributed by atoms with Crippen LogP contribution in [0.2, 0.25) is 0 Å². The van der Waals surface area contributed by atoms with E-state index in [1.165, 1.54) is 54.7 Å². The highest BCUT2D eigenvalue weighted by atomic mass is 32.2. The van der Waals surface area contributed by atoms with Gasteiger partial charge in [0.2, 0.25) is 0 Å². The number of carbonyl (C=O) groups excluding carboxylic acids is 3. The van der Waals surface area contributed by atoms with Gasteiger partial charge in [0.1, 0.15) is 23.7 Å². The summed E-state index contributed by atoms with van der Waals surface area (Å²) in [4.78, 5) is 42.4. The minimum atomic E-state index is -3.85. The van der Waals surface area contributed by atoms with E-state index in [4.69, 9.17) is 4.74 Å². The van der Waals surface area contributed by atoms with E-state index in [1.54, 1.807) is 36.4 Å². The Balaban J connectivity index is 1.20. The molecule has 0 saturated heterocycles. The number of carbonyl (C=O) groups is 3. The van der Waals surface area contributed by atoms with Gasteiger partial charge in [-0.15, -0.1) is 0 Å². The van der Waals surface area contributed by atoms with Crippen molar-refractivity contribution in [2.24, 2.45) is 10.2 Å². The van der Waals surface area contributed by atoms with Crippen LogP contribution in [-0.4, -0.2) is 54.3 Å². The zero-order chi connectivity index (χ0) is 29.0. The average molecular weight is 572 g/mol. The number of nitrogens with one attached hydrogen (secondary N) is 1. The molecule has 0 unspecified atom stereocenters. The van der Waals surface area contributed by atoms with E-state index < -0.39 is 27.8 Å². The summed E-state index contributed by atoms with van der Waals surface area (Å²) < 4.78 is 32.7. The second-order valence-electron chi connectivity index (χ2n) is 8.66. The first-order chi connectivity index (χ1) is 19.7. The lowest BCUT2D eigenvalue weighted by Gasteiger charge is -2.14. The van der Waals surface area contributed by atoms with Gasteiger partial charge in [-0.2, -0.15) is 10.2 Å². The van der Waals surface area contributed by atoms with E-state index in [-0.39, 0.29) is 52.0 Å². The molecule has 0 radical (unpaired) electrons. The SMILES string of the molecule is O=C(OCCN1C(=O)c2ccccc2C1=O)c1cc(N=Nc2ccc(S(=O)(=O)Nc3ccccn3)cc2)ccc1O. The second-order valence-corrected chi connectivity index (χ2v) is 10.3. The minimum Gasteiger partial charge on any atom is -0.507 e. The fourth-order valence-corrected chi connectivity index (χ4v) is 4.93. The van der Waals surface area contributed by atoms with Crippen molar-refractivity contribution in [1.29, 1.82) is 0 Å². The van der Waals surface area contributed by atoms with Crippen molar-refractivity contribution < 1.29 is 32.6 Å². The van der Waals surface area contributed by atoms with Gasteiger partial charge in [0, 0.05) is 6.20 Å². The lowest BCUT2D eigenvalue weighted by atomic mass is 10.1. The highest BCUT2D eigenvalue weighted by Gasteiger charge is 2.35. The quantitative estimate of drug-likeness (QED) is 0.169. The Morgan fingerprint density at radius 3 is 2.17 bits per heavy atom. The van der Waals surface area contributed by atoms with Gasteiger partial charge >= 0.3 is 5.97 Å². The number of esters is 1. The lowest BCUT2D eigenvalue weighted by molar-refractivity contribution is 0.0418. The molecule has 206 valence electrons. The Morgan fingerprint density at radius 1 is 0.878 bits per heavy atom. The maximum absolute atomic E-state index is 12.6. The first-order valence-corrected chi connectivity index (χ1v) is 13.6. The first-order valence-electron chi connectivity index (χ1n) is 12.1. The molecule has 41 heavy (non-hydrogen) atoms. The van der Waals surface area contributed by atoms with Gasteiger partial charge in [0.05, 0.1) is 33.9 Å². The zero-order valence-electron chi connectivity index (χ0n) is 21.2. The van der Waals surface area contributed by atoms with Crippen molar-refractivity contribution in [3.63, 3.8) is 0 Å². The van der Waals surface area contributed by atoms with Crippen LogP contribution in [0.25, 0.3) is 0 Å². The Bertz CT molecular complexity index is 1740. The van der Waals surface area contributed by atoms with E-state index in [1.807, 2.05) is 0 Å². The van der Waals surface area contributed by atoms with Crippen LogP contribution in [0.5, 0.6) is 5.75 Å². The molecule has 0 atom stereocenters. The smallest absolute Gasteiger partial charge is 0.342 e. The summed E-state index contributed by atoms with van der Waals surface area (Å²) in [5.74, 6) is -2.00. The molecular formula is C28H21N5O7S. The van der Waals surface area contributed by atoms with E-state index in [0.29, 0.717) is 5.69 Å². The molecule has 13 heteroatoms. The maximum Gasteiger partial charge on any atom is 0.342 e. The van der Waals surface area contributed by atoms with Gasteiger partial charge in [-0.05, 0) is 66.7 Å². The van der Waals surface area contributed by atoms with Crippen LogP contribution in [0.3, 0.4) is 0 Å². The average Bonchev–Trinajstić information content (AvgIpc) is 3.22. The number of phenols is 1. The number of anilines is 1. The molecule has 0 spiro atoms. The third-order valence-electron chi connectivity index (χ3n) is 5.96. The summed E-state index contributed by atoms with van der Waals surface area (Å²) >= 11 is 0. The molecule has 4 aromatic rings. The monoisotopic (exact) mass is 571 g/mol. The fourth-order valence-electron chi connectivity index (χ4n) is 3.93. The van der Waals surface area contributed by atoms with Crippen LogP contribution < -0.4 is 4.72 Å². The van der Waals surface area contributed by atoms with Crippen molar-refractivity contribution in [2.75, 3.05) is 17.9 Å². The van der Waals surface area contributed by atoms with E-state index in [0.717, 1.165) is 4.90 Å². The molecule has 12 nitrogen and oxygen atoms in total. The van der Waals surface area contributed by atoms with Crippen LogP contribution in [0.15, 0.2) is 106 Å². The number of aromatic nitrogens is 1. The summed E-state index contributed by atoms with van der Waals surface area (Å²) in [6.45, 7) is -0.429. The van der Waals surface area contributed by atoms with E-state index >= 15 is 0 Å². The molecule has 0 saturated carbocycles. The van der Waals surface area contributed by atoms with Crippen molar-refractivity contribution in [2.45, 2.75) is 4.90 Å². The molecule has 2 amide bonds. The number of rotatable bonds is 9. The number of hydrogen-bond donors (Lipinski definition) is 2. The number of nitrogens with zero attached hydrogens (tertiary/aromatic N) is 4. The number of phenolic OH excluding ortho intramolecular Hbond substituents is 1. The number of fused-ring (bicyclic) bond motifs is 1. The Morgan fingerprint density at radius 2 is 1.51 bits per heavy atom. The molecule has 3 aromatic carbocycles. The van der Waals surface area contributed by atoms with Crippen LogP contribution in [0.4, 0.5) is 17.2 Å². The topological polar surface area (TPSA) is 168 Å². The number of azo groups is 1. The molecule has 0 fully saturated rings. The number of amides is 2. The predicted molar refractivity (Wildman–Crippen MR) is 146 cm³/mol. The standard InChI is InChI=1S/C28H21N5O7S/c34-24-13-10-19(31-30-18-8-11-20(12-9-18)41(38,39)32-25-7-3-4-14-29-25)17-23(24)28(37)40-16-15-33-26(35)21-5-1-2-6-22(21)27(33)36/h1-14,17,34H,15-16H2,(H,29,32). The summed E-state index contributed by atoms with van der Waals surface area (Å²) in [5.41, 5.74) is 0.934. The van der Waals surface area contributed by atoms with Gasteiger partial charge in [-0.3, -0.25) is 19.2 Å². The van der Waals surface area contributed by atoms with Crippen LogP contribution in [0.1, 0.15) is 31.1 Å². The van der Waals surface area contributed by atoms with E-state index in [9.17, 15) is 27.9 Å². The van der Waals surface area contributed by atoms with Crippen molar-refractivity contribution in [3.8, 4) is 5.75 Å². The highest BCUT2D eigenvalue weighted by Crippen LogP contribution is 2.27. The first kappa shape index (κ1) is 27.1. The fraction of sp³-hybridized carbons (Fsp3) is 0.0714. The summed E-state index contributed by atoms with van der Waals surface area (Å²) in [6.07, 6.45) is 1.47. The Labute approximate surface area is 234 Å². The number of pyridine rings is 1. The van der Waals surface area contributed by atoms with Gasteiger partial charge in [-0.25, -0.2) is 18.2 Å². The summed E-state index contributed by atoms with van der Waals surface area (Å²) in [6, 6.07) is 20.8. The molecule has 2 N–H and O–H groups in total. The molecule has 0 aliphatic carbocycles. The molecule has 5 rings (SSSR count). The normalized spacial score (nSPS) is 12.9. The van der Waals surface area contributed by atoms with Gasteiger partial charge < -0.3 is 9.84 Å². The lowest BCUT2D eigenvalue weighted by Crippen LogP contribution is -2.33. The number of ether oxygens (including phenoxy) is 1. The largest absolute Gasteiger partial charge is 0.507 e. The Kier molecular flexibility index (Phi) is 7.52. The van der Waals surface area contributed by atoms with Crippen molar-refractivity contribution in [1.82, 2.24) is 9.88 Å². The molecule has 2 heterocycles. The van der Waals surface area contributed by atoms with Crippen LogP contribution in [0, 0.1) is 0 Å². The number of aromatic hydroxyl groups is 1. The summed E-state index contributed by atoms with van der Waals surface area (Å²) in [5, 5.41) is 18.2.